The molecular formula is C11H14F2N2O2. The zero-order valence-electron chi connectivity index (χ0n) is 9.59. The molecule has 0 saturated carbocycles. The topological polar surface area (TPSA) is 64.3 Å². The quantitative estimate of drug-likeness (QED) is 0.627. The lowest BCUT2D eigenvalue weighted by Gasteiger charge is -2.15. The molecule has 1 atom stereocenters. The van der Waals surface area contributed by atoms with Crippen molar-refractivity contribution in [1.29, 1.82) is 0 Å². The van der Waals surface area contributed by atoms with Crippen LogP contribution in [0, 0.1) is 11.6 Å². The normalized spacial score (nSPS) is 12.0. The molecule has 0 amide bonds. The lowest BCUT2D eigenvalue weighted by molar-refractivity contribution is -0.143. The molecule has 3 N–H and O–H groups in total. The Bertz CT molecular complexity index is 424. The summed E-state index contributed by atoms with van der Waals surface area (Å²) < 4.78 is 30.8. The van der Waals surface area contributed by atoms with Crippen LogP contribution in [-0.2, 0) is 9.53 Å². The average molecular weight is 244 g/mol. The van der Waals surface area contributed by atoms with E-state index in [9.17, 15) is 13.6 Å². The number of carbonyl (C=O) groups is 1. The van der Waals surface area contributed by atoms with Crippen molar-refractivity contribution in [2.45, 2.75) is 19.9 Å². The summed E-state index contributed by atoms with van der Waals surface area (Å²) in [5, 5.41) is 2.60. The highest BCUT2D eigenvalue weighted by atomic mass is 19.1. The van der Waals surface area contributed by atoms with Crippen molar-refractivity contribution in [3.05, 3.63) is 23.8 Å². The number of hydrogen-bond acceptors (Lipinski definition) is 4. The highest BCUT2D eigenvalue weighted by Gasteiger charge is 2.16. The Morgan fingerprint density at radius 3 is 2.76 bits per heavy atom. The zero-order chi connectivity index (χ0) is 13.0. The number of carbonyl (C=O) groups excluding carboxylic acids is 1. The van der Waals surface area contributed by atoms with Gasteiger partial charge in [-0.15, -0.1) is 0 Å². The molecule has 1 aromatic rings. The number of anilines is 2. The van der Waals surface area contributed by atoms with E-state index in [1.54, 1.807) is 6.92 Å². The molecule has 6 heteroatoms. The maximum Gasteiger partial charge on any atom is 0.328 e. The molecule has 1 rings (SSSR count). The molecule has 94 valence electrons. The monoisotopic (exact) mass is 244 g/mol. The van der Waals surface area contributed by atoms with Gasteiger partial charge in [-0.3, -0.25) is 0 Å². The number of benzene rings is 1. The van der Waals surface area contributed by atoms with Crippen molar-refractivity contribution >= 4 is 17.3 Å². The lowest BCUT2D eigenvalue weighted by atomic mass is 10.2. The van der Waals surface area contributed by atoms with Gasteiger partial charge in [0, 0.05) is 6.07 Å². The van der Waals surface area contributed by atoms with Gasteiger partial charge >= 0.3 is 5.97 Å². The SMILES string of the molecule is CCOC(=O)C(C)Nc1cc(F)cc(F)c1N. The predicted molar refractivity (Wildman–Crippen MR) is 60.5 cm³/mol. The smallest absolute Gasteiger partial charge is 0.328 e. The Hall–Kier alpha value is -1.85. The molecule has 17 heavy (non-hydrogen) atoms. The second kappa shape index (κ2) is 5.47. The molecule has 0 saturated heterocycles. The van der Waals surface area contributed by atoms with Gasteiger partial charge in [-0.05, 0) is 19.9 Å². The Morgan fingerprint density at radius 2 is 2.18 bits per heavy atom. The van der Waals surface area contributed by atoms with Crippen LogP contribution in [0.4, 0.5) is 20.2 Å². The van der Waals surface area contributed by atoms with Gasteiger partial charge in [0.05, 0.1) is 18.0 Å². The lowest BCUT2D eigenvalue weighted by Crippen LogP contribution is -2.28. The van der Waals surface area contributed by atoms with E-state index in [0.717, 1.165) is 6.07 Å². The fourth-order valence-electron chi connectivity index (χ4n) is 1.26. The maximum atomic E-state index is 13.1. The van der Waals surface area contributed by atoms with Gasteiger partial charge in [0.1, 0.15) is 11.9 Å². The minimum Gasteiger partial charge on any atom is -0.464 e. The highest BCUT2D eigenvalue weighted by molar-refractivity contribution is 5.81. The molecule has 0 fully saturated rings. The molecular weight excluding hydrogens is 230 g/mol. The second-order valence-corrected chi connectivity index (χ2v) is 3.47. The standard InChI is InChI=1S/C11H14F2N2O2/c1-3-17-11(16)6(2)15-9-5-7(12)4-8(13)10(9)14/h4-6,15H,3,14H2,1-2H3. The summed E-state index contributed by atoms with van der Waals surface area (Å²) >= 11 is 0. The first kappa shape index (κ1) is 13.2. The highest BCUT2D eigenvalue weighted by Crippen LogP contribution is 2.24. The second-order valence-electron chi connectivity index (χ2n) is 3.47. The predicted octanol–water partition coefficient (Wildman–Crippen LogP) is 1.91. The average Bonchev–Trinajstić information content (AvgIpc) is 2.25. The third kappa shape index (κ3) is 3.30. The van der Waals surface area contributed by atoms with E-state index < -0.39 is 23.6 Å². The fraction of sp³-hybridized carbons (Fsp3) is 0.364. The third-order valence-corrected chi connectivity index (χ3v) is 2.11. The Morgan fingerprint density at radius 1 is 1.53 bits per heavy atom. The maximum absolute atomic E-state index is 13.1. The summed E-state index contributed by atoms with van der Waals surface area (Å²) in [6, 6.07) is 0.961. The molecule has 0 bridgehead atoms. The van der Waals surface area contributed by atoms with Crippen LogP contribution in [0.1, 0.15) is 13.8 Å². The van der Waals surface area contributed by atoms with Crippen LogP contribution >= 0.6 is 0 Å². The molecule has 1 unspecified atom stereocenters. The summed E-state index contributed by atoms with van der Waals surface area (Å²) in [5.41, 5.74) is 5.21. The Labute approximate surface area is 97.8 Å². The molecule has 0 radical (unpaired) electrons. The van der Waals surface area contributed by atoms with E-state index in [2.05, 4.69) is 5.32 Å². The number of hydrogen-bond donors (Lipinski definition) is 2. The van der Waals surface area contributed by atoms with Crippen LogP contribution in [0.2, 0.25) is 0 Å². The van der Waals surface area contributed by atoms with Gasteiger partial charge < -0.3 is 15.8 Å². The first-order chi connectivity index (χ1) is 7.95. The van der Waals surface area contributed by atoms with Crippen LogP contribution in [-0.4, -0.2) is 18.6 Å². The van der Waals surface area contributed by atoms with Crippen LogP contribution in [0.5, 0.6) is 0 Å². The van der Waals surface area contributed by atoms with Crippen LogP contribution < -0.4 is 11.1 Å². The number of nitrogen functional groups attached to an aromatic ring is 1. The zero-order valence-corrected chi connectivity index (χ0v) is 9.59. The first-order valence-corrected chi connectivity index (χ1v) is 5.13. The summed E-state index contributed by atoms with van der Waals surface area (Å²) in [5.74, 6) is -2.16. The van der Waals surface area contributed by atoms with E-state index >= 15 is 0 Å². The molecule has 0 aromatic heterocycles. The van der Waals surface area contributed by atoms with E-state index in [1.165, 1.54) is 6.92 Å². The van der Waals surface area contributed by atoms with E-state index in [1.807, 2.05) is 0 Å². The molecule has 0 aliphatic carbocycles. The summed E-state index contributed by atoms with van der Waals surface area (Å²) in [6.07, 6.45) is 0. The van der Waals surface area contributed by atoms with E-state index in [4.69, 9.17) is 10.5 Å². The van der Waals surface area contributed by atoms with Crippen molar-refractivity contribution in [2.75, 3.05) is 17.7 Å². The number of nitrogens with two attached hydrogens (primary N) is 1. The number of halogens is 2. The molecule has 1 aromatic carbocycles. The number of rotatable bonds is 4. The Kier molecular flexibility index (Phi) is 4.25. The van der Waals surface area contributed by atoms with Crippen LogP contribution in [0.3, 0.4) is 0 Å². The van der Waals surface area contributed by atoms with Crippen LogP contribution in [0.15, 0.2) is 12.1 Å². The third-order valence-electron chi connectivity index (χ3n) is 2.11. The minimum atomic E-state index is -0.872. The van der Waals surface area contributed by atoms with Gasteiger partial charge in [-0.1, -0.05) is 0 Å². The van der Waals surface area contributed by atoms with Gasteiger partial charge in [0.15, 0.2) is 5.82 Å². The number of ether oxygens (including phenoxy) is 1. The van der Waals surface area contributed by atoms with Crippen molar-refractivity contribution in [3.8, 4) is 0 Å². The van der Waals surface area contributed by atoms with Crippen LogP contribution in [0.25, 0.3) is 0 Å². The van der Waals surface area contributed by atoms with Gasteiger partial charge in [0.25, 0.3) is 0 Å². The summed E-state index contributed by atoms with van der Waals surface area (Å²) in [6.45, 7) is 3.42. The molecule has 0 aliphatic heterocycles. The largest absolute Gasteiger partial charge is 0.464 e. The van der Waals surface area contributed by atoms with Crippen molar-refractivity contribution < 1.29 is 18.3 Å². The van der Waals surface area contributed by atoms with Gasteiger partial charge in [-0.25, -0.2) is 13.6 Å². The Balaban J connectivity index is 2.84. The fourth-order valence-corrected chi connectivity index (χ4v) is 1.26. The van der Waals surface area contributed by atoms with E-state index in [-0.39, 0.29) is 18.0 Å². The van der Waals surface area contributed by atoms with Gasteiger partial charge in [0.2, 0.25) is 0 Å². The number of esters is 1. The number of nitrogens with one attached hydrogen (secondary N) is 1. The first-order valence-electron chi connectivity index (χ1n) is 5.13. The summed E-state index contributed by atoms with van der Waals surface area (Å²) in [7, 11) is 0. The summed E-state index contributed by atoms with van der Waals surface area (Å²) in [4.78, 5) is 11.3. The minimum absolute atomic E-state index is 0.0306. The molecule has 0 spiro atoms. The van der Waals surface area contributed by atoms with Crippen molar-refractivity contribution in [1.82, 2.24) is 0 Å². The molecule has 0 heterocycles. The van der Waals surface area contributed by atoms with E-state index in [0.29, 0.717) is 6.07 Å². The van der Waals surface area contributed by atoms with Gasteiger partial charge in [-0.2, -0.15) is 0 Å². The van der Waals surface area contributed by atoms with Crippen molar-refractivity contribution in [3.63, 3.8) is 0 Å². The van der Waals surface area contributed by atoms with Crippen molar-refractivity contribution in [2.24, 2.45) is 0 Å². The molecule has 0 aliphatic rings. The molecule has 4 nitrogen and oxygen atoms in total.